The fourth-order valence-electron chi connectivity index (χ4n) is 2.28. The SMILES string of the molecule is O=C(O)C1CNC(Cc2ccc(Cl)cc2)CC1O. The van der Waals surface area contributed by atoms with Crippen LogP contribution in [0, 0.1) is 5.92 Å². The van der Waals surface area contributed by atoms with E-state index in [-0.39, 0.29) is 6.04 Å². The van der Waals surface area contributed by atoms with E-state index in [9.17, 15) is 9.90 Å². The number of piperidine rings is 1. The molecular weight excluding hydrogens is 254 g/mol. The summed E-state index contributed by atoms with van der Waals surface area (Å²) in [4.78, 5) is 10.9. The van der Waals surface area contributed by atoms with Gasteiger partial charge in [0, 0.05) is 17.6 Å². The molecule has 3 N–H and O–H groups in total. The highest BCUT2D eigenvalue weighted by Crippen LogP contribution is 2.19. The van der Waals surface area contributed by atoms with Crippen LogP contribution in [-0.4, -0.2) is 34.9 Å². The second kappa shape index (κ2) is 5.69. The minimum absolute atomic E-state index is 0.108. The number of nitrogens with one attached hydrogen (secondary N) is 1. The Kier molecular flexibility index (Phi) is 4.22. The van der Waals surface area contributed by atoms with Gasteiger partial charge in [-0.1, -0.05) is 23.7 Å². The van der Waals surface area contributed by atoms with Crippen molar-refractivity contribution < 1.29 is 15.0 Å². The molecule has 1 saturated heterocycles. The first kappa shape index (κ1) is 13.3. The maximum atomic E-state index is 10.9. The second-order valence-electron chi connectivity index (χ2n) is 4.68. The zero-order chi connectivity index (χ0) is 13.1. The monoisotopic (exact) mass is 269 g/mol. The first-order valence-corrected chi connectivity index (χ1v) is 6.33. The van der Waals surface area contributed by atoms with Crippen molar-refractivity contribution in [1.82, 2.24) is 5.32 Å². The number of halogens is 1. The Morgan fingerprint density at radius 3 is 2.61 bits per heavy atom. The molecule has 0 amide bonds. The smallest absolute Gasteiger partial charge is 0.310 e. The highest BCUT2D eigenvalue weighted by Gasteiger charge is 2.33. The largest absolute Gasteiger partial charge is 0.481 e. The van der Waals surface area contributed by atoms with Crippen molar-refractivity contribution in [2.24, 2.45) is 5.92 Å². The van der Waals surface area contributed by atoms with E-state index in [1.165, 1.54) is 0 Å². The van der Waals surface area contributed by atoms with Gasteiger partial charge in [0.15, 0.2) is 0 Å². The van der Waals surface area contributed by atoms with Gasteiger partial charge >= 0.3 is 5.97 Å². The quantitative estimate of drug-likeness (QED) is 0.774. The number of hydrogen-bond donors (Lipinski definition) is 3. The normalized spacial score (nSPS) is 28.0. The number of benzene rings is 1. The van der Waals surface area contributed by atoms with Crippen molar-refractivity contribution in [3.8, 4) is 0 Å². The molecule has 18 heavy (non-hydrogen) atoms. The molecule has 3 atom stereocenters. The molecular formula is C13H16ClNO3. The molecule has 0 aliphatic carbocycles. The number of aliphatic hydroxyl groups is 1. The van der Waals surface area contributed by atoms with E-state index in [0.717, 1.165) is 12.0 Å². The van der Waals surface area contributed by atoms with E-state index < -0.39 is 18.0 Å². The Labute approximate surface area is 111 Å². The predicted molar refractivity (Wildman–Crippen MR) is 68.7 cm³/mol. The van der Waals surface area contributed by atoms with E-state index in [2.05, 4.69) is 5.32 Å². The zero-order valence-corrected chi connectivity index (χ0v) is 10.6. The molecule has 1 aromatic rings. The van der Waals surface area contributed by atoms with Crippen LogP contribution in [0.25, 0.3) is 0 Å². The molecule has 2 rings (SSSR count). The van der Waals surface area contributed by atoms with Gasteiger partial charge in [0.05, 0.1) is 12.0 Å². The van der Waals surface area contributed by atoms with Crippen molar-refractivity contribution >= 4 is 17.6 Å². The lowest BCUT2D eigenvalue weighted by atomic mass is 9.89. The average Bonchev–Trinajstić information content (AvgIpc) is 2.32. The Bertz CT molecular complexity index is 421. The maximum Gasteiger partial charge on any atom is 0.310 e. The highest BCUT2D eigenvalue weighted by atomic mass is 35.5. The summed E-state index contributed by atoms with van der Waals surface area (Å²) in [6.45, 7) is 0.314. The number of carbonyl (C=O) groups is 1. The summed E-state index contributed by atoms with van der Waals surface area (Å²) in [7, 11) is 0. The Balaban J connectivity index is 1.93. The van der Waals surface area contributed by atoms with Crippen LogP contribution in [0.5, 0.6) is 0 Å². The molecule has 1 aromatic carbocycles. The molecule has 0 radical (unpaired) electrons. The van der Waals surface area contributed by atoms with Crippen LogP contribution in [0.4, 0.5) is 0 Å². The van der Waals surface area contributed by atoms with E-state index in [4.69, 9.17) is 16.7 Å². The van der Waals surface area contributed by atoms with Crippen LogP contribution in [0.2, 0.25) is 5.02 Å². The van der Waals surface area contributed by atoms with E-state index >= 15 is 0 Å². The molecule has 4 nitrogen and oxygen atoms in total. The lowest BCUT2D eigenvalue weighted by Gasteiger charge is -2.32. The summed E-state index contributed by atoms with van der Waals surface area (Å²) in [5, 5.41) is 22.6. The maximum absolute atomic E-state index is 10.9. The van der Waals surface area contributed by atoms with Gasteiger partial charge in [-0.25, -0.2) is 0 Å². The first-order valence-electron chi connectivity index (χ1n) is 5.95. The second-order valence-corrected chi connectivity index (χ2v) is 5.12. The van der Waals surface area contributed by atoms with Crippen molar-refractivity contribution in [3.63, 3.8) is 0 Å². The third kappa shape index (κ3) is 3.22. The van der Waals surface area contributed by atoms with Crippen molar-refractivity contribution in [3.05, 3.63) is 34.9 Å². The van der Waals surface area contributed by atoms with Crippen LogP contribution in [0.15, 0.2) is 24.3 Å². The number of rotatable bonds is 3. The van der Waals surface area contributed by atoms with Crippen LogP contribution in [0.1, 0.15) is 12.0 Å². The highest BCUT2D eigenvalue weighted by molar-refractivity contribution is 6.30. The van der Waals surface area contributed by atoms with Gasteiger partial charge in [0.2, 0.25) is 0 Å². The number of aliphatic carboxylic acids is 1. The van der Waals surface area contributed by atoms with Crippen molar-refractivity contribution in [2.75, 3.05) is 6.54 Å². The molecule has 1 aliphatic rings. The van der Waals surface area contributed by atoms with Gasteiger partial charge in [-0.05, 0) is 30.5 Å². The lowest BCUT2D eigenvalue weighted by Crippen LogP contribution is -2.50. The van der Waals surface area contributed by atoms with Crippen LogP contribution >= 0.6 is 11.6 Å². The van der Waals surface area contributed by atoms with Gasteiger partial charge in [0.25, 0.3) is 0 Å². The van der Waals surface area contributed by atoms with Gasteiger partial charge in [-0.3, -0.25) is 4.79 Å². The molecule has 0 saturated carbocycles. The van der Waals surface area contributed by atoms with E-state index in [0.29, 0.717) is 18.0 Å². The summed E-state index contributed by atoms with van der Waals surface area (Å²) in [6, 6.07) is 7.66. The van der Waals surface area contributed by atoms with Gasteiger partial charge in [0.1, 0.15) is 0 Å². The van der Waals surface area contributed by atoms with Crippen LogP contribution in [-0.2, 0) is 11.2 Å². The number of carboxylic acid groups (broad SMARTS) is 1. The number of hydrogen-bond acceptors (Lipinski definition) is 3. The average molecular weight is 270 g/mol. The van der Waals surface area contributed by atoms with Crippen molar-refractivity contribution in [1.29, 1.82) is 0 Å². The Hall–Kier alpha value is -1.10. The Morgan fingerprint density at radius 2 is 2.06 bits per heavy atom. The molecule has 1 heterocycles. The molecule has 0 bridgehead atoms. The van der Waals surface area contributed by atoms with E-state index in [1.807, 2.05) is 24.3 Å². The third-order valence-corrected chi connectivity index (χ3v) is 3.58. The summed E-state index contributed by atoms with van der Waals surface area (Å²) in [6.07, 6.45) is 0.446. The standard InChI is InChI=1S/C13H16ClNO3/c14-9-3-1-8(2-4-9)5-10-6-12(16)11(7-15-10)13(17)18/h1-4,10-12,15-16H,5-7H2,(H,17,18). The molecule has 0 spiro atoms. The predicted octanol–water partition coefficient (Wildman–Crippen LogP) is 1.31. The number of carboxylic acids is 1. The molecule has 5 heteroatoms. The topological polar surface area (TPSA) is 69.6 Å². The fourth-order valence-corrected chi connectivity index (χ4v) is 2.41. The molecule has 0 aromatic heterocycles. The Morgan fingerprint density at radius 1 is 1.39 bits per heavy atom. The fraction of sp³-hybridized carbons (Fsp3) is 0.462. The van der Waals surface area contributed by atoms with Crippen LogP contribution in [0.3, 0.4) is 0 Å². The van der Waals surface area contributed by atoms with Gasteiger partial charge in [-0.2, -0.15) is 0 Å². The minimum Gasteiger partial charge on any atom is -0.481 e. The molecule has 1 fully saturated rings. The van der Waals surface area contributed by atoms with Gasteiger partial charge in [-0.15, -0.1) is 0 Å². The molecule has 3 unspecified atom stereocenters. The van der Waals surface area contributed by atoms with E-state index in [1.54, 1.807) is 0 Å². The van der Waals surface area contributed by atoms with Gasteiger partial charge < -0.3 is 15.5 Å². The minimum atomic E-state index is -0.944. The molecule has 1 aliphatic heterocycles. The summed E-state index contributed by atoms with van der Waals surface area (Å²) in [5.41, 5.74) is 1.12. The third-order valence-electron chi connectivity index (χ3n) is 3.33. The summed E-state index contributed by atoms with van der Waals surface area (Å²) < 4.78 is 0. The first-order chi connectivity index (χ1) is 8.56. The molecule has 98 valence electrons. The van der Waals surface area contributed by atoms with Crippen molar-refractivity contribution in [2.45, 2.75) is 25.0 Å². The number of aliphatic hydroxyl groups excluding tert-OH is 1. The summed E-state index contributed by atoms with van der Waals surface area (Å²) in [5.74, 6) is -1.65. The lowest BCUT2D eigenvalue weighted by molar-refractivity contribution is -0.147. The summed E-state index contributed by atoms with van der Waals surface area (Å²) >= 11 is 5.81. The van der Waals surface area contributed by atoms with Crippen LogP contribution < -0.4 is 5.32 Å². The zero-order valence-electron chi connectivity index (χ0n) is 9.84.